The fourth-order valence-electron chi connectivity index (χ4n) is 1.10. The normalized spacial score (nSPS) is 13.9. The third kappa shape index (κ3) is 4.59. The Kier molecular flexibility index (Phi) is 6.54. The van der Waals surface area contributed by atoms with Crippen molar-refractivity contribution in [1.82, 2.24) is 0 Å². The first-order valence-corrected chi connectivity index (χ1v) is 5.84. The molecular weight excluding hydrogens is 220 g/mol. The van der Waals surface area contributed by atoms with Gasteiger partial charge < -0.3 is 9.47 Å². The minimum absolute atomic E-state index is 0.0120. The van der Waals surface area contributed by atoms with Gasteiger partial charge in [0.2, 0.25) is 0 Å². The van der Waals surface area contributed by atoms with Crippen LogP contribution in [-0.2, 0) is 19.1 Å². The van der Waals surface area contributed by atoms with Gasteiger partial charge in [0, 0.05) is 6.08 Å². The number of hydrogen-bond donors (Lipinski definition) is 0. The molecule has 17 heavy (non-hydrogen) atoms. The second-order valence-corrected chi connectivity index (χ2v) is 4.52. The molecule has 0 saturated carbocycles. The molecule has 0 amide bonds. The molecular formula is C13H22O4. The maximum Gasteiger partial charge on any atom is 0.330 e. The zero-order valence-electron chi connectivity index (χ0n) is 11.1. The molecule has 0 aromatic rings. The van der Waals surface area contributed by atoms with Crippen molar-refractivity contribution in [2.24, 2.45) is 11.3 Å². The first-order valence-electron chi connectivity index (χ1n) is 5.84. The molecule has 0 saturated heterocycles. The molecule has 0 N–H and O–H groups in total. The van der Waals surface area contributed by atoms with Crippen molar-refractivity contribution in [3.8, 4) is 0 Å². The second kappa shape index (κ2) is 7.09. The van der Waals surface area contributed by atoms with Crippen molar-refractivity contribution < 1.29 is 19.1 Å². The lowest BCUT2D eigenvalue weighted by Crippen LogP contribution is -2.40. The van der Waals surface area contributed by atoms with Gasteiger partial charge in [0.05, 0.1) is 6.61 Å². The third-order valence-corrected chi connectivity index (χ3v) is 2.86. The molecule has 98 valence electrons. The average molecular weight is 242 g/mol. The minimum atomic E-state index is -0.812. The molecule has 0 rings (SSSR count). The number of hydrogen-bond acceptors (Lipinski definition) is 4. The zero-order chi connectivity index (χ0) is 13.5. The summed E-state index contributed by atoms with van der Waals surface area (Å²) in [6.45, 7) is 11.2. The molecule has 0 radical (unpaired) electrons. The van der Waals surface area contributed by atoms with E-state index in [0.717, 1.165) is 12.5 Å². The third-order valence-electron chi connectivity index (χ3n) is 2.86. The van der Waals surface area contributed by atoms with E-state index < -0.39 is 11.4 Å². The van der Waals surface area contributed by atoms with Crippen LogP contribution in [0.25, 0.3) is 0 Å². The lowest BCUT2D eigenvalue weighted by molar-refractivity contribution is -0.164. The van der Waals surface area contributed by atoms with Crippen LogP contribution in [0.15, 0.2) is 12.7 Å². The first kappa shape index (κ1) is 15.7. The van der Waals surface area contributed by atoms with Crippen molar-refractivity contribution in [3.05, 3.63) is 12.7 Å². The fourth-order valence-corrected chi connectivity index (χ4v) is 1.10. The van der Waals surface area contributed by atoms with Crippen LogP contribution in [0.4, 0.5) is 0 Å². The highest BCUT2D eigenvalue weighted by molar-refractivity contribution is 5.82. The molecule has 0 spiro atoms. The topological polar surface area (TPSA) is 52.6 Å². The van der Waals surface area contributed by atoms with Crippen LogP contribution in [0.3, 0.4) is 0 Å². The Morgan fingerprint density at radius 3 is 2.35 bits per heavy atom. The predicted molar refractivity (Wildman–Crippen MR) is 65.4 cm³/mol. The number of esters is 2. The number of carbonyl (C=O) groups is 2. The van der Waals surface area contributed by atoms with Gasteiger partial charge in [-0.05, 0) is 19.3 Å². The smallest absolute Gasteiger partial charge is 0.330 e. The Balaban J connectivity index is 4.60. The summed E-state index contributed by atoms with van der Waals surface area (Å²) in [4.78, 5) is 23.0. The predicted octanol–water partition coefficient (Wildman–Crippen LogP) is 2.33. The summed E-state index contributed by atoms with van der Waals surface area (Å²) < 4.78 is 10.1. The first-order chi connectivity index (χ1) is 7.88. The van der Waals surface area contributed by atoms with E-state index in [4.69, 9.17) is 9.47 Å². The van der Waals surface area contributed by atoms with Crippen molar-refractivity contribution in [3.63, 3.8) is 0 Å². The van der Waals surface area contributed by atoms with Crippen molar-refractivity contribution >= 4 is 11.9 Å². The Bertz CT molecular complexity index is 283. The van der Waals surface area contributed by atoms with Crippen LogP contribution in [0.1, 0.15) is 34.1 Å². The summed E-state index contributed by atoms with van der Waals surface area (Å²) in [7, 11) is 0. The molecule has 0 aromatic carbocycles. The van der Waals surface area contributed by atoms with E-state index in [1.165, 1.54) is 0 Å². The van der Waals surface area contributed by atoms with Gasteiger partial charge >= 0.3 is 11.9 Å². The summed E-state index contributed by atoms with van der Waals surface area (Å²) in [6.07, 6.45) is 1.85. The van der Waals surface area contributed by atoms with Gasteiger partial charge in [0.25, 0.3) is 0 Å². The van der Waals surface area contributed by atoms with Crippen molar-refractivity contribution in [2.75, 3.05) is 13.2 Å². The summed E-state index contributed by atoms with van der Waals surface area (Å²) in [5.74, 6) is -0.837. The molecule has 0 aliphatic rings. The number of carbonyl (C=O) groups excluding carboxylic acids is 2. The van der Waals surface area contributed by atoms with Gasteiger partial charge in [-0.25, -0.2) is 4.79 Å². The van der Waals surface area contributed by atoms with Gasteiger partial charge in [-0.3, -0.25) is 4.79 Å². The van der Waals surface area contributed by atoms with E-state index in [2.05, 4.69) is 6.58 Å². The van der Waals surface area contributed by atoms with Crippen LogP contribution in [0, 0.1) is 11.3 Å². The Morgan fingerprint density at radius 1 is 1.35 bits per heavy atom. The molecule has 0 aromatic heterocycles. The monoisotopic (exact) mass is 242 g/mol. The molecule has 0 heterocycles. The van der Waals surface area contributed by atoms with E-state index in [0.29, 0.717) is 6.61 Å². The van der Waals surface area contributed by atoms with Gasteiger partial charge in [0.15, 0.2) is 0 Å². The molecule has 0 aliphatic carbocycles. The standard InChI is InChI=1S/C13H22O4/c1-6-8-16-12(15)13(5,10(3)4)9-17-11(14)7-2/h7,10H,2,6,8-9H2,1,3-5H3. The highest BCUT2D eigenvalue weighted by Crippen LogP contribution is 2.29. The van der Waals surface area contributed by atoms with Crippen molar-refractivity contribution in [2.45, 2.75) is 34.1 Å². The SMILES string of the molecule is C=CC(=O)OCC(C)(C(=O)OCCC)C(C)C. The minimum Gasteiger partial charge on any atom is -0.465 e. The highest BCUT2D eigenvalue weighted by Gasteiger charge is 2.39. The summed E-state index contributed by atoms with van der Waals surface area (Å²) in [5.41, 5.74) is -0.812. The van der Waals surface area contributed by atoms with Gasteiger partial charge in [-0.1, -0.05) is 27.4 Å². The van der Waals surface area contributed by atoms with Gasteiger partial charge in [-0.2, -0.15) is 0 Å². The highest BCUT2D eigenvalue weighted by atomic mass is 16.6. The van der Waals surface area contributed by atoms with Crippen LogP contribution in [0.5, 0.6) is 0 Å². The quantitative estimate of drug-likeness (QED) is 0.508. The summed E-state index contributed by atoms with van der Waals surface area (Å²) in [6, 6.07) is 0. The van der Waals surface area contributed by atoms with E-state index in [-0.39, 0.29) is 18.5 Å². The van der Waals surface area contributed by atoms with Crippen LogP contribution >= 0.6 is 0 Å². The molecule has 1 unspecified atom stereocenters. The molecule has 0 bridgehead atoms. The Morgan fingerprint density at radius 2 is 1.94 bits per heavy atom. The Labute approximate surface area is 103 Å². The lowest BCUT2D eigenvalue weighted by Gasteiger charge is -2.30. The number of ether oxygens (including phenoxy) is 2. The molecule has 4 nitrogen and oxygen atoms in total. The van der Waals surface area contributed by atoms with Crippen LogP contribution < -0.4 is 0 Å². The van der Waals surface area contributed by atoms with Crippen LogP contribution in [0.2, 0.25) is 0 Å². The van der Waals surface area contributed by atoms with Gasteiger partial charge in [0.1, 0.15) is 12.0 Å². The molecule has 0 fully saturated rings. The molecule has 4 heteroatoms. The molecule has 1 atom stereocenters. The second-order valence-electron chi connectivity index (χ2n) is 4.52. The fraction of sp³-hybridized carbons (Fsp3) is 0.692. The summed E-state index contributed by atoms with van der Waals surface area (Å²) >= 11 is 0. The maximum absolute atomic E-state index is 11.9. The Hall–Kier alpha value is -1.32. The molecule has 0 aliphatic heterocycles. The van der Waals surface area contributed by atoms with E-state index in [1.807, 2.05) is 20.8 Å². The zero-order valence-corrected chi connectivity index (χ0v) is 11.1. The van der Waals surface area contributed by atoms with Crippen molar-refractivity contribution in [1.29, 1.82) is 0 Å². The number of rotatable bonds is 7. The van der Waals surface area contributed by atoms with Gasteiger partial charge in [-0.15, -0.1) is 0 Å². The van der Waals surface area contributed by atoms with E-state index in [1.54, 1.807) is 6.92 Å². The van der Waals surface area contributed by atoms with E-state index >= 15 is 0 Å². The van der Waals surface area contributed by atoms with E-state index in [9.17, 15) is 9.59 Å². The average Bonchev–Trinajstić information content (AvgIpc) is 2.31. The van der Waals surface area contributed by atoms with Crippen LogP contribution in [-0.4, -0.2) is 25.2 Å². The maximum atomic E-state index is 11.9. The lowest BCUT2D eigenvalue weighted by atomic mass is 9.80. The summed E-state index contributed by atoms with van der Waals surface area (Å²) in [5, 5.41) is 0. The largest absolute Gasteiger partial charge is 0.465 e.